The van der Waals surface area contributed by atoms with Gasteiger partial charge in [-0.1, -0.05) is 30.3 Å². The number of rotatable bonds is 6. The molecule has 5 nitrogen and oxygen atoms in total. The lowest BCUT2D eigenvalue weighted by atomic mass is 10.1. The van der Waals surface area contributed by atoms with Gasteiger partial charge >= 0.3 is 5.97 Å². The van der Waals surface area contributed by atoms with Gasteiger partial charge in [-0.2, -0.15) is 11.8 Å². The number of hydrogen-bond donors (Lipinski definition) is 2. The molecule has 6 heteroatoms. The van der Waals surface area contributed by atoms with Crippen LogP contribution in [-0.2, 0) is 10.5 Å². The molecule has 0 aliphatic carbocycles. The largest absolute Gasteiger partial charge is 0.479 e. The van der Waals surface area contributed by atoms with E-state index < -0.39 is 17.9 Å². The van der Waals surface area contributed by atoms with Gasteiger partial charge in [-0.25, -0.2) is 4.79 Å². The van der Waals surface area contributed by atoms with Crippen LogP contribution in [0.4, 0.5) is 0 Å². The summed E-state index contributed by atoms with van der Waals surface area (Å²) in [6.07, 6.45) is 1.93. The highest BCUT2D eigenvalue weighted by molar-refractivity contribution is 7.97. The van der Waals surface area contributed by atoms with Gasteiger partial charge in [-0.3, -0.25) is 4.79 Å². The number of benzene rings is 1. The normalized spacial score (nSPS) is 11.9. The molecule has 2 aromatic rings. The Morgan fingerprint density at radius 3 is 2.57 bits per heavy atom. The Labute approximate surface area is 126 Å². The summed E-state index contributed by atoms with van der Waals surface area (Å²) >= 11 is 1.58. The molecule has 2 rings (SSSR count). The molecule has 1 aromatic heterocycles. The van der Waals surface area contributed by atoms with Crippen molar-refractivity contribution in [1.29, 1.82) is 0 Å². The molecule has 1 heterocycles. The maximum absolute atomic E-state index is 12.1. The topological polar surface area (TPSA) is 79.5 Å². The van der Waals surface area contributed by atoms with Crippen LogP contribution in [0.5, 0.6) is 0 Å². The van der Waals surface area contributed by atoms with E-state index in [1.165, 1.54) is 0 Å². The van der Waals surface area contributed by atoms with E-state index in [4.69, 9.17) is 4.42 Å². The lowest BCUT2D eigenvalue weighted by molar-refractivity contribution is -0.139. The molecule has 0 saturated heterocycles. The van der Waals surface area contributed by atoms with E-state index >= 15 is 0 Å². The van der Waals surface area contributed by atoms with Gasteiger partial charge in [0.2, 0.25) is 0 Å². The van der Waals surface area contributed by atoms with Crippen molar-refractivity contribution in [3.63, 3.8) is 0 Å². The van der Waals surface area contributed by atoms with Crippen LogP contribution in [0, 0.1) is 0 Å². The molecule has 0 saturated carbocycles. The summed E-state index contributed by atoms with van der Waals surface area (Å²) in [4.78, 5) is 23.4. The van der Waals surface area contributed by atoms with Crippen LogP contribution in [-0.4, -0.2) is 23.2 Å². The van der Waals surface area contributed by atoms with Crippen molar-refractivity contribution in [3.8, 4) is 0 Å². The maximum Gasteiger partial charge on any atom is 0.330 e. The summed E-state index contributed by atoms with van der Waals surface area (Å²) in [5.41, 5.74) is 0.509. The van der Waals surface area contributed by atoms with Crippen molar-refractivity contribution < 1.29 is 19.1 Å². The third kappa shape index (κ3) is 3.88. The average Bonchev–Trinajstić information content (AvgIpc) is 2.94. The minimum Gasteiger partial charge on any atom is -0.479 e. The van der Waals surface area contributed by atoms with Gasteiger partial charge in [0.1, 0.15) is 5.76 Å². The van der Waals surface area contributed by atoms with Gasteiger partial charge in [0.05, 0.1) is 5.75 Å². The van der Waals surface area contributed by atoms with E-state index in [0.29, 0.717) is 17.1 Å². The summed E-state index contributed by atoms with van der Waals surface area (Å²) in [6, 6.07) is 10.7. The lowest BCUT2D eigenvalue weighted by Crippen LogP contribution is -2.33. The van der Waals surface area contributed by atoms with Crippen molar-refractivity contribution in [2.75, 3.05) is 6.26 Å². The molecule has 1 atom stereocenters. The van der Waals surface area contributed by atoms with Crippen molar-refractivity contribution in [2.45, 2.75) is 11.8 Å². The fourth-order valence-corrected chi connectivity index (χ4v) is 2.29. The van der Waals surface area contributed by atoms with Crippen LogP contribution in [0.1, 0.15) is 27.9 Å². The van der Waals surface area contributed by atoms with Crippen molar-refractivity contribution in [2.24, 2.45) is 0 Å². The van der Waals surface area contributed by atoms with E-state index in [1.54, 1.807) is 54.2 Å². The lowest BCUT2D eigenvalue weighted by Gasteiger charge is -2.13. The number of carbonyl (C=O) groups is 2. The minimum absolute atomic E-state index is 0.112. The van der Waals surface area contributed by atoms with E-state index in [1.807, 2.05) is 6.26 Å². The molecule has 0 bridgehead atoms. The second-order valence-electron chi connectivity index (χ2n) is 4.35. The Morgan fingerprint density at radius 1 is 1.24 bits per heavy atom. The third-order valence-corrected chi connectivity index (χ3v) is 3.40. The van der Waals surface area contributed by atoms with Crippen molar-refractivity contribution in [3.05, 3.63) is 59.5 Å². The summed E-state index contributed by atoms with van der Waals surface area (Å²) in [7, 11) is 0. The Balaban J connectivity index is 2.13. The molecule has 0 aliphatic heterocycles. The molecule has 1 unspecified atom stereocenters. The molecule has 2 N–H and O–H groups in total. The zero-order chi connectivity index (χ0) is 15.2. The Morgan fingerprint density at radius 2 is 1.95 bits per heavy atom. The maximum atomic E-state index is 12.1. The number of carbonyl (C=O) groups excluding carboxylic acids is 1. The predicted molar refractivity (Wildman–Crippen MR) is 80.2 cm³/mol. The highest BCUT2D eigenvalue weighted by atomic mass is 32.2. The zero-order valence-electron chi connectivity index (χ0n) is 11.4. The molecule has 0 radical (unpaired) electrons. The first kappa shape index (κ1) is 15.2. The summed E-state index contributed by atoms with van der Waals surface area (Å²) in [5, 5.41) is 11.7. The van der Waals surface area contributed by atoms with Crippen molar-refractivity contribution in [1.82, 2.24) is 5.32 Å². The Hall–Kier alpha value is -2.21. The molecular formula is C15H15NO4S. The highest BCUT2D eigenvalue weighted by Gasteiger charge is 2.23. The predicted octanol–water partition coefficient (Wildman–Crippen LogP) is 2.70. The van der Waals surface area contributed by atoms with Gasteiger partial charge in [-0.15, -0.1) is 0 Å². The van der Waals surface area contributed by atoms with Crippen LogP contribution in [0.3, 0.4) is 0 Å². The quantitative estimate of drug-likeness (QED) is 0.857. The average molecular weight is 305 g/mol. The number of carboxylic acid groups (broad SMARTS) is 1. The van der Waals surface area contributed by atoms with Gasteiger partial charge in [-0.05, 0) is 24.0 Å². The summed E-state index contributed by atoms with van der Waals surface area (Å²) in [6.45, 7) is 0. The second kappa shape index (κ2) is 6.99. The van der Waals surface area contributed by atoms with E-state index in [9.17, 15) is 14.7 Å². The third-order valence-electron chi connectivity index (χ3n) is 2.83. The van der Waals surface area contributed by atoms with Gasteiger partial charge in [0.15, 0.2) is 11.8 Å². The Bertz CT molecular complexity index is 624. The van der Waals surface area contributed by atoms with E-state index in [2.05, 4.69) is 5.32 Å². The first-order chi connectivity index (χ1) is 10.1. The van der Waals surface area contributed by atoms with Crippen LogP contribution in [0.2, 0.25) is 0 Å². The number of nitrogens with one attached hydrogen (secondary N) is 1. The summed E-state index contributed by atoms with van der Waals surface area (Å²) < 4.78 is 5.38. The standard InChI is InChI=1S/C15H15NO4S/c1-21-9-11-7-8-12(20-11)14(17)16-13(15(18)19)10-5-3-2-4-6-10/h2-8,13H,9H2,1H3,(H,16,17)(H,18,19). The first-order valence-corrected chi connectivity index (χ1v) is 7.67. The van der Waals surface area contributed by atoms with Crippen LogP contribution < -0.4 is 5.32 Å². The molecule has 0 aliphatic rings. The highest BCUT2D eigenvalue weighted by Crippen LogP contribution is 2.16. The van der Waals surface area contributed by atoms with Crippen molar-refractivity contribution >= 4 is 23.6 Å². The number of carboxylic acids is 1. The van der Waals surface area contributed by atoms with Gasteiger partial charge in [0, 0.05) is 0 Å². The SMILES string of the molecule is CSCc1ccc(C(=O)NC(C(=O)O)c2ccccc2)o1. The zero-order valence-corrected chi connectivity index (χ0v) is 12.2. The minimum atomic E-state index is -1.12. The number of aliphatic carboxylic acids is 1. The molecular weight excluding hydrogens is 290 g/mol. The molecule has 1 aromatic carbocycles. The molecule has 0 spiro atoms. The van der Waals surface area contributed by atoms with Gasteiger partial charge in [0.25, 0.3) is 5.91 Å². The smallest absolute Gasteiger partial charge is 0.330 e. The molecule has 110 valence electrons. The van der Waals surface area contributed by atoms with Gasteiger partial charge < -0.3 is 14.8 Å². The molecule has 0 fully saturated rings. The van der Waals surface area contributed by atoms with E-state index in [0.717, 1.165) is 0 Å². The van der Waals surface area contributed by atoms with Crippen LogP contribution in [0.15, 0.2) is 46.9 Å². The first-order valence-electron chi connectivity index (χ1n) is 6.28. The van der Waals surface area contributed by atoms with Crippen LogP contribution >= 0.6 is 11.8 Å². The monoisotopic (exact) mass is 305 g/mol. The fraction of sp³-hybridized carbons (Fsp3) is 0.200. The second-order valence-corrected chi connectivity index (χ2v) is 5.22. The number of thioether (sulfide) groups is 1. The fourth-order valence-electron chi connectivity index (χ4n) is 1.86. The molecule has 1 amide bonds. The number of amides is 1. The molecule has 21 heavy (non-hydrogen) atoms. The number of hydrogen-bond acceptors (Lipinski definition) is 4. The Kier molecular flexibility index (Phi) is 5.05. The van der Waals surface area contributed by atoms with E-state index in [-0.39, 0.29) is 5.76 Å². The number of furan rings is 1. The van der Waals surface area contributed by atoms with Crippen LogP contribution in [0.25, 0.3) is 0 Å². The summed E-state index contributed by atoms with van der Waals surface area (Å²) in [5.74, 6) is -0.210.